The van der Waals surface area contributed by atoms with Crippen LogP contribution < -0.4 is 10.6 Å². The number of hydrogen-bond acceptors (Lipinski definition) is 4. The molecule has 146 valence electrons. The molecule has 2 N–H and O–H groups in total. The third-order valence-corrected chi connectivity index (χ3v) is 4.76. The maximum Gasteiger partial charge on any atom is 0.251 e. The highest BCUT2D eigenvalue weighted by Gasteiger charge is 2.34. The van der Waals surface area contributed by atoms with Gasteiger partial charge in [-0.25, -0.2) is 0 Å². The lowest BCUT2D eigenvalue weighted by atomic mass is 10.1. The van der Waals surface area contributed by atoms with Gasteiger partial charge in [0.05, 0.1) is 18.2 Å². The molecule has 1 atom stereocenters. The first-order valence-electron chi connectivity index (χ1n) is 9.35. The number of hydrogen-bond donors (Lipinski definition) is 2. The van der Waals surface area contributed by atoms with Gasteiger partial charge in [0.2, 0.25) is 11.8 Å². The summed E-state index contributed by atoms with van der Waals surface area (Å²) in [7, 11) is 0. The summed E-state index contributed by atoms with van der Waals surface area (Å²) in [5.41, 5.74) is 2.73. The molecule has 7 heteroatoms. The average Bonchev–Trinajstić information content (AvgIpc) is 3.05. The van der Waals surface area contributed by atoms with Gasteiger partial charge in [0.15, 0.2) is 0 Å². The van der Waals surface area contributed by atoms with Gasteiger partial charge in [-0.3, -0.25) is 19.4 Å². The molecule has 2 heterocycles. The van der Waals surface area contributed by atoms with E-state index in [9.17, 15) is 14.4 Å². The fraction of sp³-hybridized carbons (Fsp3) is 0.333. The van der Waals surface area contributed by atoms with Gasteiger partial charge in [0, 0.05) is 37.0 Å². The van der Waals surface area contributed by atoms with E-state index in [1.54, 1.807) is 29.3 Å². The Kier molecular flexibility index (Phi) is 6.03. The van der Waals surface area contributed by atoms with Gasteiger partial charge in [-0.15, -0.1) is 0 Å². The first kappa shape index (κ1) is 19.5. The molecule has 0 spiro atoms. The van der Waals surface area contributed by atoms with E-state index in [1.165, 1.54) is 0 Å². The van der Waals surface area contributed by atoms with Crippen LogP contribution in [0.1, 0.15) is 35.0 Å². The second-order valence-corrected chi connectivity index (χ2v) is 6.87. The van der Waals surface area contributed by atoms with E-state index in [4.69, 9.17) is 0 Å². The third kappa shape index (κ3) is 4.54. The Hall–Kier alpha value is -3.22. The van der Waals surface area contributed by atoms with Crippen LogP contribution in [0.5, 0.6) is 0 Å². The Labute approximate surface area is 164 Å². The lowest BCUT2D eigenvalue weighted by Gasteiger charge is -2.16. The number of rotatable bonds is 6. The summed E-state index contributed by atoms with van der Waals surface area (Å²) in [5, 5.41) is 5.62. The lowest BCUT2D eigenvalue weighted by molar-refractivity contribution is -0.128. The van der Waals surface area contributed by atoms with E-state index >= 15 is 0 Å². The molecule has 1 fully saturated rings. The molecule has 1 aliphatic heterocycles. The Balaban J connectivity index is 1.66. The molecule has 1 unspecified atom stereocenters. The minimum absolute atomic E-state index is 0.0569. The van der Waals surface area contributed by atoms with Gasteiger partial charge in [-0.1, -0.05) is 12.1 Å². The van der Waals surface area contributed by atoms with Crippen molar-refractivity contribution >= 4 is 23.4 Å². The number of pyridine rings is 1. The standard InChI is InChI=1S/C21H24N4O3/c1-3-22-20(27)15-8-7-14(2)18(10-15)24-21(28)16-11-19(26)25(12-16)13-17-6-4-5-9-23-17/h4-10,16H,3,11-13H2,1-2H3,(H,22,27)(H,24,28). The highest BCUT2D eigenvalue weighted by molar-refractivity contribution is 6.00. The van der Waals surface area contributed by atoms with Crippen LogP contribution in [-0.2, 0) is 16.1 Å². The van der Waals surface area contributed by atoms with Gasteiger partial charge in [-0.05, 0) is 43.7 Å². The molecule has 3 rings (SSSR count). The van der Waals surface area contributed by atoms with Crippen molar-refractivity contribution in [2.24, 2.45) is 5.92 Å². The van der Waals surface area contributed by atoms with Crippen LogP contribution in [0.3, 0.4) is 0 Å². The van der Waals surface area contributed by atoms with Gasteiger partial charge in [-0.2, -0.15) is 0 Å². The fourth-order valence-corrected chi connectivity index (χ4v) is 3.18. The van der Waals surface area contributed by atoms with Crippen LogP contribution in [-0.4, -0.2) is 40.7 Å². The first-order valence-corrected chi connectivity index (χ1v) is 9.35. The lowest BCUT2D eigenvalue weighted by Crippen LogP contribution is -2.28. The molecule has 0 saturated carbocycles. The van der Waals surface area contributed by atoms with E-state index in [0.717, 1.165) is 11.3 Å². The topological polar surface area (TPSA) is 91.4 Å². The van der Waals surface area contributed by atoms with E-state index < -0.39 is 5.92 Å². The molecule has 3 amide bonds. The van der Waals surface area contributed by atoms with Crippen LogP contribution in [0.2, 0.25) is 0 Å². The molecule has 7 nitrogen and oxygen atoms in total. The fourth-order valence-electron chi connectivity index (χ4n) is 3.18. The quantitative estimate of drug-likeness (QED) is 0.803. The number of likely N-dealkylation sites (tertiary alicyclic amines) is 1. The number of aryl methyl sites for hydroxylation is 1. The second kappa shape index (κ2) is 8.65. The molecule has 0 radical (unpaired) electrons. The first-order chi connectivity index (χ1) is 13.5. The normalized spacial score (nSPS) is 16.1. The van der Waals surface area contributed by atoms with Crippen molar-refractivity contribution < 1.29 is 14.4 Å². The zero-order chi connectivity index (χ0) is 20.1. The summed E-state index contributed by atoms with van der Waals surface area (Å²) >= 11 is 0. The summed E-state index contributed by atoms with van der Waals surface area (Å²) < 4.78 is 0. The molecule has 1 aliphatic rings. The van der Waals surface area contributed by atoms with E-state index in [2.05, 4.69) is 15.6 Å². The molecule has 0 bridgehead atoms. The zero-order valence-electron chi connectivity index (χ0n) is 16.1. The number of carbonyl (C=O) groups excluding carboxylic acids is 3. The number of carbonyl (C=O) groups is 3. The van der Waals surface area contributed by atoms with Crippen molar-refractivity contribution in [3.8, 4) is 0 Å². The molecule has 1 saturated heterocycles. The Morgan fingerprint density at radius 1 is 1.25 bits per heavy atom. The minimum Gasteiger partial charge on any atom is -0.352 e. The largest absolute Gasteiger partial charge is 0.352 e. The second-order valence-electron chi connectivity index (χ2n) is 6.87. The monoisotopic (exact) mass is 380 g/mol. The van der Waals surface area contributed by atoms with Crippen LogP contribution in [0, 0.1) is 12.8 Å². The van der Waals surface area contributed by atoms with Gasteiger partial charge in [0.25, 0.3) is 5.91 Å². The highest BCUT2D eigenvalue weighted by Crippen LogP contribution is 2.23. The van der Waals surface area contributed by atoms with Crippen molar-refractivity contribution in [1.82, 2.24) is 15.2 Å². The van der Waals surface area contributed by atoms with E-state index in [-0.39, 0.29) is 24.1 Å². The van der Waals surface area contributed by atoms with Crippen molar-refractivity contribution in [3.63, 3.8) is 0 Å². The molecule has 1 aromatic heterocycles. The highest BCUT2D eigenvalue weighted by atomic mass is 16.2. The van der Waals surface area contributed by atoms with Crippen LogP contribution in [0.4, 0.5) is 5.69 Å². The predicted octanol–water partition coefficient (Wildman–Crippen LogP) is 2.13. The number of nitrogens with one attached hydrogen (secondary N) is 2. The van der Waals surface area contributed by atoms with Crippen LogP contribution >= 0.6 is 0 Å². The van der Waals surface area contributed by atoms with Gasteiger partial charge < -0.3 is 15.5 Å². The summed E-state index contributed by atoms with van der Waals surface area (Å²) in [5.74, 6) is -0.883. The molecular weight excluding hydrogens is 356 g/mol. The summed E-state index contributed by atoms with van der Waals surface area (Å²) in [6, 6.07) is 10.7. The summed E-state index contributed by atoms with van der Waals surface area (Å²) in [6.45, 7) is 5.00. The number of anilines is 1. The van der Waals surface area contributed by atoms with Gasteiger partial charge >= 0.3 is 0 Å². The van der Waals surface area contributed by atoms with Gasteiger partial charge in [0.1, 0.15) is 0 Å². The van der Waals surface area contributed by atoms with Crippen molar-refractivity contribution in [2.75, 3.05) is 18.4 Å². The van der Waals surface area contributed by atoms with Crippen LogP contribution in [0.15, 0.2) is 42.6 Å². The zero-order valence-corrected chi connectivity index (χ0v) is 16.1. The molecule has 0 aliphatic carbocycles. The predicted molar refractivity (Wildman–Crippen MR) is 106 cm³/mol. The Bertz CT molecular complexity index is 882. The SMILES string of the molecule is CCNC(=O)c1ccc(C)c(NC(=O)C2CC(=O)N(Cc3ccccn3)C2)c1. The third-order valence-electron chi connectivity index (χ3n) is 4.76. The summed E-state index contributed by atoms with van der Waals surface area (Å²) in [6.07, 6.45) is 1.86. The minimum atomic E-state index is -0.427. The number of benzene rings is 1. The van der Waals surface area contributed by atoms with Crippen molar-refractivity contribution in [2.45, 2.75) is 26.8 Å². The van der Waals surface area contributed by atoms with Crippen LogP contribution in [0.25, 0.3) is 0 Å². The average molecular weight is 380 g/mol. The van der Waals surface area contributed by atoms with E-state index in [0.29, 0.717) is 30.9 Å². The molecule has 2 aromatic rings. The molecule has 1 aromatic carbocycles. The molecular formula is C21H24N4O3. The Morgan fingerprint density at radius 3 is 2.79 bits per heavy atom. The molecule has 28 heavy (non-hydrogen) atoms. The van der Waals surface area contributed by atoms with Crippen molar-refractivity contribution in [3.05, 3.63) is 59.4 Å². The number of aromatic nitrogens is 1. The maximum absolute atomic E-state index is 12.7. The smallest absolute Gasteiger partial charge is 0.251 e. The number of amides is 3. The van der Waals surface area contributed by atoms with E-state index in [1.807, 2.05) is 32.0 Å². The van der Waals surface area contributed by atoms with Crippen molar-refractivity contribution in [1.29, 1.82) is 0 Å². The summed E-state index contributed by atoms with van der Waals surface area (Å²) in [4.78, 5) is 42.9. The maximum atomic E-state index is 12.7. The Morgan fingerprint density at radius 2 is 2.07 bits per heavy atom. The number of nitrogens with zero attached hydrogens (tertiary/aromatic N) is 2.